The molecule has 1 atom stereocenters. The second kappa shape index (κ2) is 15.2. The maximum absolute atomic E-state index is 5.75. The maximum atomic E-state index is 5.75. The summed E-state index contributed by atoms with van der Waals surface area (Å²) in [6, 6.07) is 31.3. The van der Waals surface area contributed by atoms with Gasteiger partial charge in [0.1, 0.15) is 11.9 Å². The summed E-state index contributed by atoms with van der Waals surface area (Å²) < 4.78 is 3.74. The molecule has 0 spiro atoms. The highest BCUT2D eigenvalue weighted by Gasteiger charge is 2.31. The average molecular weight is 696 g/mol. The van der Waals surface area contributed by atoms with Crippen LogP contribution in [0.2, 0.25) is 0 Å². The number of imidazole rings is 1. The molecule has 2 heterocycles. The molecule has 3 nitrogen and oxygen atoms in total. The van der Waals surface area contributed by atoms with Crippen LogP contribution in [0.3, 0.4) is 0 Å². The predicted molar refractivity (Wildman–Crippen MR) is 222 cm³/mol. The summed E-state index contributed by atoms with van der Waals surface area (Å²) in [4.78, 5) is 7.05. The highest BCUT2D eigenvalue weighted by Crippen LogP contribution is 2.44. The van der Waals surface area contributed by atoms with Crippen molar-refractivity contribution in [3.63, 3.8) is 0 Å². The first-order chi connectivity index (χ1) is 24.3. The van der Waals surface area contributed by atoms with E-state index in [0.717, 1.165) is 18.1 Å². The number of aromatic nitrogens is 2. The molecule has 0 aliphatic heterocycles. The van der Waals surface area contributed by atoms with Crippen LogP contribution in [0.1, 0.15) is 155 Å². The number of rotatable bonds is 12. The van der Waals surface area contributed by atoms with Crippen molar-refractivity contribution in [1.29, 1.82) is 0 Å². The Balaban J connectivity index is 1.71. The van der Waals surface area contributed by atoms with Gasteiger partial charge in [0.05, 0.1) is 5.69 Å². The smallest absolute Gasteiger partial charge is 0.137 e. The normalized spacial score (nSPS) is 12.7. The predicted octanol–water partition coefficient (Wildman–Crippen LogP) is 13.9. The lowest BCUT2D eigenvalue weighted by Crippen LogP contribution is -2.24. The zero-order valence-electron chi connectivity index (χ0n) is 32.6. The molecule has 0 fully saturated rings. The Kier molecular flexibility index (Phi) is 10.9. The molecule has 0 saturated carbocycles. The molecule has 2 aromatic heterocycles. The summed E-state index contributed by atoms with van der Waals surface area (Å²) in [5.74, 6) is 2.90. The largest absolute Gasteiger partial charge is 0.371 e. The lowest BCUT2D eigenvalue weighted by molar-refractivity contribution is 0.671. The Hall–Kier alpha value is -4.15. The molecule has 0 aliphatic rings. The summed E-state index contributed by atoms with van der Waals surface area (Å²) in [6.45, 7) is 26.3. The Morgan fingerprint density at radius 2 is 1.22 bits per heavy atom. The Morgan fingerprint density at radius 1 is 0.647 bits per heavy atom. The summed E-state index contributed by atoms with van der Waals surface area (Å²) in [5, 5.41) is 5.58. The van der Waals surface area contributed by atoms with Crippen LogP contribution in [0.15, 0.2) is 91.1 Å². The first-order valence-electron chi connectivity index (χ1n) is 19.0. The second-order valence-corrected chi connectivity index (χ2v) is 17.2. The molecule has 266 valence electrons. The second-order valence-electron chi connectivity index (χ2n) is 15.9. The SMILES string of the molecule is Cc1sc2ccccc2c1-c1cn(Cc2ccccc2)c(C(Nc2c(C(C)C)cccc2C(C)C)c2c(C(C)C)cc(C(C)C)cc2C(C)C)n1. The number of hydrogen-bond donors (Lipinski definition) is 1. The van der Waals surface area contributed by atoms with Crippen LogP contribution in [-0.4, -0.2) is 9.55 Å². The summed E-state index contributed by atoms with van der Waals surface area (Å²) >= 11 is 1.86. The highest BCUT2D eigenvalue weighted by atomic mass is 32.1. The Bertz CT molecular complexity index is 2050. The summed E-state index contributed by atoms with van der Waals surface area (Å²) in [6.07, 6.45) is 2.32. The van der Waals surface area contributed by atoms with Gasteiger partial charge in [-0.3, -0.25) is 0 Å². The van der Waals surface area contributed by atoms with Crippen molar-refractivity contribution in [3.05, 3.63) is 141 Å². The number of nitrogens with zero attached hydrogens (tertiary/aromatic N) is 2. The lowest BCUT2D eigenvalue weighted by atomic mass is 9.81. The molecule has 6 rings (SSSR count). The number of hydrogen-bond acceptors (Lipinski definition) is 3. The number of thiophene rings is 1. The van der Waals surface area contributed by atoms with Crippen molar-refractivity contribution in [2.45, 2.75) is 118 Å². The van der Waals surface area contributed by atoms with Gasteiger partial charge in [-0.15, -0.1) is 11.3 Å². The fraction of sp³-hybridized carbons (Fsp3) is 0.383. The number of fused-ring (bicyclic) bond motifs is 1. The number of anilines is 1. The minimum Gasteiger partial charge on any atom is -0.371 e. The van der Waals surface area contributed by atoms with E-state index >= 15 is 0 Å². The van der Waals surface area contributed by atoms with E-state index in [1.165, 1.54) is 65.2 Å². The summed E-state index contributed by atoms with van der Waals surface area (Å²) in [5.41, 5.74) is 13.1. The fourth-order valence-electron chi connectivity index (χ4n) is 7.65. The topological polar surface area (TPSA) is 29.9 Å². The van der Waals surface area contributed by atoms with E-state index in [0.29, 0.717) is 29.6 Å². The monoisotopic (exact) mass is 695 g/mol. The number of para-hydroxylation sites is 1. The molecule has 4 aromatic carbocycles. The first kappa shape index (κ1) is 36.6. The van der Waals surface area contributed by atoms with E-state index in [4.69, 9.17) is 4.98 Å². The molecule has 6 aromatic rings. The van der Waals surface area contributed by atoms with E-state index < -0.39 is 0 Å². The standard InChI is InChI=1S/C47H57N3S/c1-28(2)35-24-39(31(7)8)44(40(25-35)32(9)10)46(49-45-36(29(3)4)21-17-22-37(45)30(5)6)47-48-41(27-50(47)26-34-18-13-12-14-19-34)43-33(11)51-42-23-16-15-20-38(42)43/h12-25,27-32,46,49H,26H2,1-11H3. The van der Waals surface area contributed by atoms with Gasteiger partial charge in [0, 0.05) is 39.0 Å². The van der Waals surface area contributed by atoms with Crippen LogP contribution in [-0.2, 0) is 6.54 Å². The van der Waals surface area contributed by atoms with Crippen LogP contribution < -0.4 is 5.32 Å². The number of aryl methyl sites for hydroxylation is 1. The molecular formula is C47H57N3S. The zero-order valence-corrected chi connectivity index (χ0v) is 33.5. The van der Waals surface area contributed by atoms with Gasteiger partial charge in [-0.1, -0.05) is 148 Å². The van der Waals surface area contributed by atoms with E-state index in [9.17, 15) is 0 Å². The van der Waals surface area contributed by atoms with Gasteiger partial charge in [-0.2, -0.15) is 0 Å². The molecular weight excluding hydrogens is 639 g/mol. The third-order valence-electron chi connectivity index (χ3n) is 10.4. The van der Waals surface area contributed by atoms with E-state index in [2.05, 4.69) is 177 Å². The number of benzene rings is 4. The van der Waals surface area contributed by atoms with Crippen molar-refractivity contribution in [3.8, 4) is 11.3 Å². The van der Waals surface area contributed by atoms with Crippen molar-refractivity contribution >= 4 is 27.1 Å². The van der Waals surface area contributed by atoms with Crippen LogP contribution >= 0.6 is 11.3 Å². The summed E-state index contributed by atoms with van der Waals surface area (Å²) in [7, 11) is 0. The van der Waals surface area contributed by atoms with Crippen molar-refractivity contribution < 1.29 is 0 Å². The van der Waals surface area contributed by atoms with Crippen molar-refractivity contribution in [2.24, 2.45) is 0 Å². The van der Waals surface area contributed by atoms with Gasteiger partial charge in [0.2, 0.25) is 0 Å². The fourth-order valence-corrected chi connectivity index (χ4v) is 8.72. The molecule has 0 aliphatic carbocycles. The van der Waals surface area contributed by atoms with E-state index in [-0.39, 0.29) is 6.04 Å². The average Bonchev–Trinajstić information content (AvgIpc) is 3.65. The van der Waals surface area contributed by atoms with Gasteiger partial charge < -0.3 is 9.88 Å². The van der Waals surface area contributed by atoms with Crippen molar-refractivity contribution in [1.82, 2.24) is 9.55 Å². The molecule has 1 unspecified atom stereocenters. The molecule has 0 bridgehead atoms. The zero-order chi connectivity index (χ0) is 36.6. The van der Waals surface area contributed by atoms with Gasteiger partial charge >= 0.3 is 0 Å². The van der Waals surface area contributed by atoms with Gasteiger partial charge in [0.25, 0.3) is 0 Å². The molecule has 4 heteroatoms. The minimum absolute atomic E-state index is 0.180. The highest BCUT2D eigenvalue weighted by molar-refractivity contribution is 7.19. The Morgan fingerprint density at radius 3 is 1.78 bits per heavy atom. The molecule has 0 saturated heterocycles. The van der Waals surface area contributed by atoms with Gasteiger partial charge in [0.15, 0.2) is 0 Å². The lowest BCUT2D eigenvalue weighted by Gasteiger charge is -2.32. The Labute approximate surface area is 311 Å². The molecule has 1 N–H and O–H groups in total. The maximum Gasteiger partial charge on any atom is 0.137 e. The van der Waals surface area contributed by atoms with Crippen LogP contribution in [0.5, 0.6) is 0 Å². The van der Waals surface area contributed by atoms with Crippen LogP contribution in [0.4, 0.5) is 5.69 Å². The quantitative estimate of drug-likeness (QED) is 0.138. The van der Waals surface area contributed by atoms with Gasteiger partial charge in [-0.25, -0.2) is 4.98 Å². The van der Waals surface area contributed by atoms with Gasteiger partial charge in [-0.05, 0) is 81.5 Å². The van der Waals surface area contributed by atoms with E-state index in [1.54, 1.807) is 0 Å². The molecule has 51 heavy (non-hydrogen) atoms. The number of nitrogens with one attached hydrogen (secondary N) is 1. The van der Waals surface area contributed by atoms with Crippen LogP contribution in [0, 0.1) is 6.92 Å². The molecule has 0 radical (unpaired) electrons. The van der Waals surface area contributed by atoms with Crippen LogP contribution in [0.25, 0.3) is 21.3 Å². The van der Waals surface area contributed by atoms with E-state index in [1.807, 2.05) is 11.3 Å². The third-order valence-corrected chi connectivity index (χ3v) is 11.5. The van der Waals surface area contributed by atoms with Crippen molar-refractivity contribution in [2.75, 3.05) is 5.32 Å². The minimum atomic E-state index is -0.180. The molecule has 0 amide bonds. The first-order valence-corrected chi connectivity index (χ1v) is 19.8. The third kappa shape index (κ3) is 7.44.